The molecule has 0 spiro atoms. The Hall–Kier alpha value is -4.01. The SMILES string of the molecule is Cc1ccc(C2=NN(C(=NCC(=O)O)NC(=O)c3ccc(Cl)cc3)CC2(O)c2ccccc2)cc1. The van der Waals surface area contributed by atoms with Gasteiger partial charge in [-0.2, -0.15) is 5.10 Å². The number of carboxylic acid groups (broad SMARTS) is 1. The number of aliphatic hydroxyl groups is 1. The highest BCUT2D eigenvalue weighted by Gasteiger charge is 2.44. The molecule has 0 bridgehead atoms. The van der Waals surface area contributed by atoms with Crippen molar-refractivity contribution in [1.82, 2.24) is 10.3 Å². The lowest BCUT2D eigenvalue weighted by molar-refractivity contribution is -0.135. The predicted octanol–water partition coefficient (Wildman–Crippen LogP) is 3.43. The lowest BCUT2D eigenvalue weighted by Crippen LogP contribution is -2.45. The molecule has 1 aliphatic heterocycles. The number of β-amino-alcohol motifs (C(OH)–C–C–N with tert-alkyl or cyclic N) is 1. The highest BCUT2D eigenvalue weighted by molar-refractivity contribution is 6.30. The van der Waals surface area contributed by atoms with Crippen molar-refractivity contribution in [2.24, 2.45) is 10.1 Å². The van der Waals surface area contributed by atoms with Crippen molar-refractivity contribution in [2.75, 3.05) is 13.1 Å². The van der Waals surface area contributed by atoms with Crippen LogP contribution in [0.15, 0.2) is 89.0 Å². The van der Waals surface area contributed by atoms with Crippen LogP contribution < -0.4 is 5.32 Å². The number of nitrogens with zero attached hydrogens (tertiary/aromatic N) is 3. The lowest BCUT2D eigenvalue weighted by Gasteiger charge is -2.26. The number of rotatable bonds is 5. The highest BCUT2D eigenvalue weighted by atomic mass is 35.5. The zero-order valence-corrected chi connectivity index (χ0v) is 19.6. The molecule has 35 heavy (non-hydrogen) atoms. The van der Waals surface area contributed by atoms with Gasteiger partial charge in [0.25, 0.3) is 5.91 Å². The summed E-state index contributed by atoms with van der Waals surface area (Å²) >= 11 is 5.91. The van der Waals surface area contributed by atoms with Crippen molar-refractivity contribution < 1.29 is 19.8 Å². The van der Waals surface area contributed by atoms with Gasteiger partial charge in [-0.3, -0.25) is 14.9 Å². The summed E-state index contributed by atoms with van der Waals surface area (Å²) in [6, 6.07) is 22.8. The van der Waals surface area contributed by atoms with Crippen molar-refractivity contribution in [3.63, 3.8) is 0 Å². The Morgan fingerprint density at radius 1 is 1.06 bits per heavy atom. The topological polar surface area (TPSA) is 115 Å². The molecule has 1 amide bonds. The van der Waals surface area contributed by atoms with Crippen molar-refractivity contribution >= 4 is 35.1 Å². The number of carbonyl (C=O) groups excluding carboxylic acids is 1. The number of halogens is 1. The first-order valence-corrected chi connectivity index (χ1v) is 11.2. The number of carboxylic acids is 1. The minimum absolute atomic E-state index is 0.0838. The third-order valence-corrected chi connectivity index (χ3v) is 5.76. The van der Waals surface area contributed by atoms with Gasteiger partial charge in [0.2, 0.25) is 5.96 Å². The number of aryl methyl sites for hydroxylation is 1. The Morgan fingerprint density at radius 3 is 2.34 bits per heavy atom. The largest absolute Gasteiger partial charge is 0.480 e. The van der Waals surface area contributed by atoms with Crippen LogP contribution in [-0.2, 0) is 10.4 Å². The van der Waals surface area contributed by atoms with Gasteiger partial charge < -0.3 is 10.2 Å². The van der Waals surface area contributed by atoms with Gasteiger partial charge in [0.1, 0.15) is 12.3 Å². The van der Waals surface area contributed by atoms with Gasteiger partial charge in [-0.25, -0.2) is 10.0 Å². The van der Waals surface area contributed by atoms with Crippen LogP contribution in [0.25, 0.3) is 0 Å². The minimum atomic E-state index is -1.54. The Morgan fingerprint density at radius 2 is 1.71 bits per heavy atom. The van der Waals surface area contributed by atoms with Crippen LogP contribution in [0.5, 0.6) is 0 Å². The fraction of sp³-hybridized carbons (Fsp3) is 0.154. The second kappa shape index (κ2) is 10.1. The molecule has 1 heterocycles. The summed E-state index contributed by atoms with van der Waals surface area (Å²) in [5.41, 5.74) is 1.46. The Labute approximate surface area is 207 Å². The molecule has 3 aromatic rings. The number of aliphatic imine (C=N–C) groups is 1. The lowest BCUT2D eigenvalue weighted by atomic mass is 9.86. The van der Waals surface area contributed by atoms with Gasteiger partial charge in [0.05, 0.1) is 6.54 Å². The van der Waals surface area contributed by atoms with E-state index in [1.165, 1.54) is 17.1 Å². The first-order chi connectivity index (χ1) is 16.8. The number of carbonyl (C=O) groups is 2. The number of aliphatic carboxylic acids is 1. The summed E-state index contributed by atoms with van der Waals surface area (Å²) in [6.07, 6.45) is 0. The average Bonchev–Trinajstić information content (AvgIpc) is 3.21. The molecule has 1 unspecified atom stereocenters. The summed E-state index contributed by atoms with van der Waals surface area (Å²) in [4.78, 5) is 28.2. The van der Waals surface area contributed by atoms with Gasteiger partial charge in [-0.15, -0.1) is 0 Å². The van der Waals surface area contributed by atoms with Gasteiger partial charge in [-0.05, 0) is 36.8 Å². The maximum absolute atomic E-state index is 12.9. The molecule has 8 nitrogen and oxygen atoms in total. The number of hydrogen-bond acceptors (Lipinski definition) is 5. The number of guanidine groups is 1. The smallest absolute Gasteiger partial charge is 0.325 e. The fourth-order valence-corrected chi connectivity index (χ4v) is 3.83. The van der Waals surface area contributed by atoms with Crippen molar-refractivity contribution in [3.05, 3.63) is 106 Å². The Balaban J connectivity index is 1.74. The van der Waals surface area contributed by atoms with Gasteiger partial charge in [0.15, 0.2) is 5.60 Å². The maximum atomic E-state index is 12.9. The summed E-state index contributed by atoms with van der Waals surface area (Å²) < 4.78 is 0. The molecular weight excluding hydrogens is 468 g/mol. The minimum Gasteiger partial charge on any atom is -0.480 e. The van der Waals surface area contributed by atoms with Crippen LogP contribution in [0.2, 0.25) is 5.02 Å². The van der Waals surface area contributed by atoms with Crippen LogP contribution in [-0.4, -0.2) is 51.9 Å². The fourth-order valence-electron chi connectivity index (χ4n) is 3.71. The highest BCUT2D eigenvalue weighted by Crippen LogP contribution is 2.33. The molecule has 0 radical (unpaired) electrons. The maximum Gasteiger partial charge on any atom is 0.325 e. The van der Waals surface area contributed by atoms with Crippen molar-refractivity contribution in [2.45, 2.75) is 12.5 Å². The van der Waals surface area contributed by atoms with Crippen LogP contribution in [0, 0.1) is 6.92 Å². The number of benzene rings is 3. The molecule has 0 aliphatic carbocycles. The van der Waals surface area contributed by atoms with E-state index in [9.17, 15) is 19.8 Å². The van der Waals surface area contributed by atoms with E-state index in [2.05, 4.69) is 15.4 Å². The van der Waals surface area contributed by atoms with Gasteiger partial charge in [-0.1, -0.05) is 71.8 Å². The molecule has 0 saturated heterocycles. The summed E-state index contributed by atoms with van der Waals surface area (Å²) in [5.74, 6) is -1.79. The number of hydrogen-bond donors (Lipinski definition) is 3. The normalized spacial score (nSPS) is 17.7. The van der Waals surface area contributed by atoms with Crippen molar-refractivity contribution in [3.8, 4) is 0 Å². The number of hydrazone groups is 1. The van der Waals surface area contributed by atoms with E-state index in [1.54, 1.807) is 24.3 Å². The molecule has 0 saturated carbocycles. The van der Waals surface area contributed by atoms with E-state index in [0.717, 1.165) is 5.56 Å². The van der Waals surface area contributed by atoms with E-state index >= 15 is 0 Å². The van der Waals surface area contributed by atoms with Gasteiger partial charge in [0, 0.05) is 16.1 Å². The first kappa shape index (κ1) is 24.1. The van der Waals surface area contributed by atoms with Crippen molar-refractivity contribution in [1.29, 1.82) is 0 Å². The van der Waals surface area contributed by atoms with E-state index in [0.29, 0.717) is 27.4 Å². The zero-order chi connectivity index (χ0) is 25.0. The summed E-state index contributed by atoms with van der Waals surface area (Å²) in [6.45, 7) is 1.28. The number of nitrogens with one attached hydrogen (secondary N) is 1. The molecule has 9 heteroatoms. The number of amides is 1. The monoisotopic (exact) mass is 490 g/mol. The molecule has 0 fully saturated rings. The Bertz CT molecular complexity index is 1290. The van der Waals surface area contributed by atoms with E-state index in [1.807, 2.05) is 49.4 Å². The van der Waals surface area contributed by atoms with E-state index < -0.39 is 24.0 Å². The standard InChI is InChI=1S/C26H23ClN4O4/c1-17-7-9-18(10-8-17)23-26(35,20-5-3-2-4-6-20)16-31(30-23)25(28-15-22(32)33)29-24(34)19-11-13-21(27)14-12-19/h2-14,35H,15-16H2,1H3,(H,32,33)(H,28,29,34). The quantitative estimate of drug-likeness (QED) is 0.374. The van der Waals surface area contributed by atoms with Crippen LogP contribution in [0.4, 0.5) is 0 Å². The van der Waals surface area contributed by atoms with Crippen LogP contribution >= 0.6 is 11.6 Å². The predicted molar refractivity (Wildman–Crippen MR) is 134 cm³/mol. The molecule has 178 valence electrons. The third-order valence-electron chi connectivity index (χ3n) is 5.51. The second-order valence-electron chi connectivity index (χ2n) is 8.09. The summed E-state index contributed by atoms with van der Waals surface area (Å²) in [7, 11) is 0. The summed E-state index contributed by atoms with van der Waals surface area (Å²) in [5, 5.41) is 30.1. The molecule has 3 N–H and O–H groups in total. The molecule has 0 aromatic heterocycles. The van der Waals surface area contributed by atoms with E-state index in [4.69, 9.17) is 11.6 Å². The molecule has 1 atom stereocenters. The molecule has 3 aromatic carbocycles. The zero-order valence-electron chi connectivity index (χ0n) is 18.9. The average molecular weight is 491 g/mol. The molecule has 1 aliphatic rings. The van der Waals surface area contributed by atoms with E-state index in [-0.39, 0.29) is 12.5 Å². The first-order valence-electron chi connectivity index (χ1n) is 10.8. The van der Waals surface area contributed by atoms with Crippen LogP contribution in [0.3, 0.4) is 0 Å². The third kappa shape index (κ3) is 5.40. The van der Waals surface area contributed by atoms with Crippen LogP contribution in [0.1, 0.15) is 27.0 Å². The Kier molecular flexibility index (Phi) is 6.95. The molecule has 4 rings (SSSR count). The van der Waals surface area contributed by atoms with Gasteiger partial charge >= 0.3 is 5.97 Å². The molecular formula is C26H23ClN4O4. The second-order valence-corrected chi connectivity index (χ2v) is 8.53.